The van der Waals surface area contributed by atoms with Crippen molar-refractivity contribution < 1.29 is 28.3 Å². The number of imide groups is 2. The predicted molar refractivity (Wildman–Crippen MR) is 130 cm³/mol. The van der Waals surface area contributed by atoms with Crippen LogP contribution in [-0.2, 0) is 14.3 Å². The predicted octanol–water partition coefficient (Wildman–Crippen LogP) is 5.14. The number of amides is 4. The summed E-state index contributed by atoms with van der Waals surface area (Å²) in [5.41, 5.74) is 1.78. The molecule has 1 saturated heterocycles. The number of nitrogens with one attached hydrogen (secondary N) is 1. The average molecular weight is 493 g/mol. The SMILES string of the molecule is CCCOC(=O)c1cc(-c2ccc(C=C3C(=O)NC(=O)N(c4ccc(C)cc4)C3=O)o2)ccc1Cl. The molecule has 2 heterocycles. The number of nitrogens with zero attached hydrogens (tertiary/aromatic N) is 1. The summed E-state index contributed by atoms with van der Waals surface area (Å²) in [5.74, 6) is -1.55. The van der Waals surface area contributed by atoms with Crippen molar-refractivity contribution in [3.63, 3.8) is 0 Å². The van der Waals surface area contributed by atoms with Gasteiger partial charge in [0, 0.05) is 5.56 Å². The minimum atomic E-state index is -0.829. The van der Waals surface area contributed by atoms with E-state index < -0.39 is 23.8 Å². The van der Waals surface area contributed by atoms with Crippen LogP contribution in [-0.4, -0.2) is 30.4 Å². The first-order valence-corrected chi connectivity index (χ1v) is 11.2. The molecule has 9 heteroatoms. The second-order valence-electron chi connectivity index (χ2n) is 7.83. The lowest BCUT2D eigenvalue weighted by Crippen LogP contribution is -2.54. The Morgan fingerprint density at radius 1 is 1.09 bits per heavy atom. The number of esters is 1. The van der Waals surface area contributed by atoms with Gasteiger partial charge in [-0.25, -0.2) is 14.5 Å². The molecule has 178 valence electrons. The molecule has 1 N–H and O–H groups in total. The molecule has 0 radical (unpaired) electrons. The average Bonchev–Trinajstić information content (AvgIpc) is 3.30. The van der Waals surface area contributed by atoms with Crippen molar-refractivity contribution in [1.82, 2.24) is 5.32 Å². The smallest absolute Gasteiger partial charge is 0.339 e. The fourth-order valence-electron chi connectivity index (χ4n) is 3.42. The zero-order valence-corrected chi connectivity index (χ0v) is 19.7. The molecule has 1 aliphatic heterocycles. The molecule has 4 rings (SSSR count). The molecule has 0 atom stereocenters. The maximum absolute atomic E-state index is 13.0. The third kappa shape index (κ3) is 5.02. The van der Waals surface area contributed by atoms with Crippen LogP contribution in [0.15, 0.2) is 64.6 Å². The van der Waals surface area contributed by atoms with E-state index in [0.29, 0.717) is 23.4 Å². The number of anilines is 1. The lowest BCUT2D eigenvalue weighted by atomic mass is 10.1. The van der Waals surface area contributed by atoms with Gasteiger partial charge in [0.1, 0.15) is 17.1 Å². The number of benzene rings is 2. The largest absolute Gasteiger partial charge is 0.462 e. The van der Waals surface area contributed by atoms with E-state index in [9.17, 15) is 19.2 Å². The highest BCUT2D eigenvalue weighted by molar-refractivity contribution is 6.39. The van der Waals surface area contributed by atoms with Crippen LogP contribution in [0.3, 0.4) is 0 Å². The van der Waals surface area contributed by atoms with E-state index in [0.717, 1.165) is 10.5 Å². The standard InChI is InChI=1S/C26H21ClN2O6/c1-3-12-34-25(32)19-13-16(6-10-21(19)27)22-11-9-18(35-22)14-20-23(30)28-26(33)29(24(20)31)17-7-4-15(2)5-8-17/h4-11,13-14H,3,12H2,1-2H3,(H,28,30,33). The van der Waals surface area contributed by atoms with Gasteiger partial charge in [0.2, 0.25) is 0 Å². The lowest BCUT2D eigenvalue weighted by molar-refractivity contribution is -0.122. The molecular weight excluding hydrogens is 472 g/mol. The first-order valence-electron chi connectivity index (χ1n) is 10.8. The summed E-state index contributed by atoms with van der Waals surface area (Å²) < 4.78 is 11.0. The topological polar surface area (TPSA) is 106 Å². The van der Waals surface area contributed by atoms with Crippen molar-refractivity contribution in [2.45, 2.75) is 20.3 Å². The Hall–Kier alpha value is -4.17. The molecule has 1 aromatic heterocycles. The van der Waals surface area contributed by atoms with E-state index in [2.05, 4.69) is 5.32 Å². The number of halogens is 1. The van der Waals surface area contributed by atoms with Gasteiger partial charge in [-0.1, -0.05) is 36.2 Å². The molecule has 35 heavy (non-hydrogen) atoms. The van der Waals surface area contributed by atoms with Gasteiger partial charge in [-0.3, -0.25) is 14.9 Å². The highest BCUT2D eigenvalue weighted by Gasteiger charge is 2.37. The molecule has 4 amide bonds. The first-order chi connectivity index (χ1) is 16.8. The highest BCUT2D eigenvalue weighted by Crippen LogP contribution is 2.29. The third-order valence-corrected chi connectivity index (χ3v) is 5.54. The number of hydrogen-bond donors (Lipinski definition) is 1. The van der Waals surface area contributed by atoms with Crippen LogP contribution in [0.1, 0.15) is 35.0 Å². The highest BCUT2D eigenvalue weighted by atomic mass is 35.5. The Morgan fingerprint density at radius 3 is 2.54 bits per heavy atom. The van der Waals surface area contributed by atoms with Crippen LogP contribution < -0.4 is 10.2 Å². The Labute approximate surface area is 206 Å². The van der Waals surface area contributed by atoms with Gasteiger partial charge < -0.3 is 9.15 Å². The molecule has 0 saturated carbocycles. The molecule has 3 aromatic rings. The van der Waals surface area contributed by atoms with Gasteiger partial charge in [-0.2, -0.15) is 0 Å². The summed E-state index contributed by atoms with van der Waals surface area (Å²) in [5, 5.41) is 2.42. The third-order valence-electron chi connectivity index (χ3n) is 5.22. The summed E-state index contributed by atoms with van der Waals surface area (Å²) in [6.45, 7) is 4.04. The second-order valence-corrected chi connectivity index (χ2v) is 8.23. The molecule has 1 aliphatic rings. The van der Waals surface area contributed by atoms with Gasteiger partial charge in [0.05, 0.1) is 22.9 Å². The molecule has 0 spiro atoms. The van der Waals surface area contributed by atoms with Crippen molar-refractivity contribution in [3.8, 4) is 11.3 Å². The van der Waals surface area contributed by atoms with Gasteiger partial charge in [0.15, 0.2) is 0 Å². The number of carbonyl (C=O) groups is 4. The Bertz CT molecular complexity index is 1360. The summed E-state index contributed by atoms with van der Waals surface area (Å²) in [6, 6.07) is 13.9. The summed E-state index contributed by atoms with van der Waals surface area (Å²) in [4.78, 5) is 51.0. The normalized spacial score (nSPS) is 14.9. The Morgan fingerprint density at radius 2 is 1.83 bits per heavy atom. The molecule has 8 nitrogen and oxygen atoms in total. The van der Waals surface area contributed by atoms with Crippen molar-refractivity contribution in [1.29, 1.82) is 0 Å². The number of ether oxygens (including phenoxy) is 1. The molecule has 0 aliphatic carbocycles. The van der Waals surface area contributed by atoms with Crippen LogP contribution in [0.4, 0.5) is 10.5 Å². The first kappa shape index (κ1) is 24.0. The van der Waals surface area contributed by atoms with Gasteiger partial charge >= 0.3 is 12.0 Å². The van der Waals surface area contributed by atoms with E-state index >= 15 is 0 Å². The fraction of sp³-hybridized carbons (Fsp3) is 0.154. The quantitative estimate of drug-likeness (QED) is 0.290. The van der Waals surface area contributed by atoms with E-state index in [1.807, 2.05) is 13.8 Å². The molecular formula is C26H21ClN2O6. The minimum absolute atomic E-state index is 0.197. The number of barbiturate groups is 1. The summed E-state index contributed by atoms with van der Waals surface area (Å²) in [6.07, 6.45) is 1.94. The van der Waals surface area contributed by atoms with Gasteiger partial charge in [0.25, 0.3) is 11.8 Å². The van der Waals surface area contributed by atoms with Gasteiger partial charge in [-0.05, 0) is 61.9 Å². The van der Waals surface area contributed by atoms with Crippen LogP contribution in [0.5, 0.6) is 0 Å². The van der Waals surface area contributed by atoms with E-state index in [-0.39, 0.29) is 28.5 Å². The number of hydrogen-bond acceptors (Lipinski definition) is 6. The maximum Gasteiger partial charge on any atom is 0.339 e. The van der Waals surface area contributed by atoms with Crippen molar-refractivity contribution in [2.24, 2.45) is 0 Å². The summed E-state index contributed by atoms with van der Waals surface area (Å²) in [7, 11) is 0. The van der Waals surface area contributed by atoms with E-state index in [1.165, 1.54) is 6.08 Å². The number of furan rings is 1. The van der Waals surface area contributed by atoms with Crippen molar-refractivity contribution in [3.05, 3.63) is 82.1 Å². The minimum Gasteiger partial charge on any atom is -0.462 e. The van der Waals surface area contributed by atoms with Gasteiger partial charge in [-0.15, -0.1) is 0 Å². The van der Waals surface area contributed by atoms with Crippen molar-refractivity contribution in [2.75, 3.05) is 11.5 Å². The van der Waals surface area contributed by atoms with Crippen LogP contribution in [0, 0.1) is 6.92 Å². The molecule has 2 aromatic carbocycles. The zero-order valence-electron chi connectivity index (χ0n) is 19.0. The van der Waals surface area contributed by atoms with Crippen LogP contribution in [0.2, 0.25) is 5.02 Å². The van der Waals surface area contributed by atoms with Crippen LogP contribution >= 0.6 is 11.6 Å². The zero-order chi connectivity index (χ0) is 25.1. The number of aryl methyl sites for hydroxylation is 1. The van der Waals surface area contributed by atoms with E-state index in [1.54, 1.807) is 54.6 Å². The monoisotopic (exact) mass is 492 g/mol. The van der Waals surface area contributed by atoms with Crippen molar-refractivity contribution >= 4 is 47.2 Å². The summed E-state index contributed by atoms with van der Waals surface area (Å²) >= 11 is 6.15. The molecule has 1 fully saturated rings. The van der Waals surface area contributed by atoms with E-state index in [4.69, 9.17) is 20.8 Å². The molecule has 0 bridgehead atoms. The molecule has 0 unspecified atom stereocenters. The fourth-order valence-corrected chi connectivity index (χ4v) is 3.62. The number of carbonyl (C=O) groups excluding carboxylic acids is 4. The number of rotatable bonds is 6. The maximum atomic E-state index is 13.0. The lowest BCUT2D eigenvalue weighted by Gasteiger charge is -2.26. The number of urea groups is 1. The van der Waals surface area contributed by atoms with Crippen LogP contribution in [0.25, 0.3) is 17.4 Å². The Kier molecular flexibility index (Phi) is 6.84. The second kappa shape index (κ2) is 9.99. The Balaban J connectivity index is 1.62.